The van der Waals surface area contributed by atoms with Gasteiger partial charge in [0.2, 0.25) is 11.9 Å². The maximum atomic E-state index is 13.4. The highest BCUT2D eigenvalue weighted by Crippen LogP contribution is 2.44. The Morgan fingerprint density at radius 2 is 1.21 bits per heavy atom. The maximum Gasteiger partial charge on any atom is 0.343 e. The lowest BCUT2D eigenvalue weighted by Crippen LogP contribution is -2.39. The van der Waals surface area contributed by atoms with Crippen molar-refractivity contribution in [3.05, 3.63) is 130 Å². The van der Waals surface area contributed by atoms with Gasteiger partial charge in [-0.05, 0) is 94.4 Å². The van der Waals surface area contributed by atoms with E-state index in [0.29, 0.717) is 18.4 Å². The van der Waals surface area contributed by atoms with Gasteiger partial charge in [-0.25, -0.2) is 4.79 Å². The molecule has 10 nitrogen and oxygen atoms in total. The van der Waals surface area contributed by atoms with E-state index >= 15 is 0 Å². The molecule has 0 spiro atoms. The van der Waals surface area contributed by atoms with Crippen molar-refractivity contribution in [2.75, 3.05) is 13.7 Å². The second kappa shape index (κ2) is 22.3. The fourth-order valence-electron chi connectivity index (χ4n) is 7.76. The number of aliphatic hydroxyl groups is 2. The number of aliphatic hydroxyl groups excluding tert-OH is 2. The summed E-state index contributed by atoms with van der Waals surface area (Å²) in [5.41, 5.74) is 7.07. The largest absolute Gasteiger partial charge is 0.449 e. The summed E-state index contributed by atoms with van der Waals surface area (Å²) in [6.07, 6.45) is 23.0. The summed E-state index contributed by atoms with van der Waals surface area (Å²) in [6, 6.07) is 0. The molecule has 1 saturated heterocycles. The second-order valence-electron chi connectivity index (χ2n) is 17.7. The van der Waals surface area contributed by atoms with Gasteiger partial charge in [0.1, 0.15) is 18.3 Å². The van der Waals surface area contributed by atoms with Gasteiger partial charge in [0.25, 0.3) is 0 Å². The van der Waals surface area contributed by atoms with Crippen LogP contribution in [0.4, 0.5) is 0 Å². The zero-order chi connectivity index (χ0) is 45.8. The predicted molar refractivity (Wildman–Crippen MR) is 239 cm³/mol. The summed E-state index contributed by atoms with van der Waals surface area (Å²) < 4.78 is 15.6. The van der Waals surface area contributed by atoms with Crippen molar-refractivity contribution in [1.82, 2.24) is 0 Å². The van der Waals surface area contributed by atoms with E-state index in [9.17, 15) is 34.2 Å². The first-order valence-electron chi connectivity index (χ1n) is 20.9. The SMILES string of the molecule is COC1CC(C)(C)C(C=CC(C)=CC=CC(C)=CC=CC=C(C)C=CC=C(C)C=CC2=C(C)C(=O)C(CC(=O)C(C)OC[C@H](O)[C@H]3OC(=O)C(O)C3=O)CC2(C)C)=C(C)C1=O. The number of allylic oxidation sites excluding steroid dienone is 21. The smallest absolute Gasteiger partial charge is 0.343 e. The molecule has 1 fully saturated rings. The molecular weight excluding hydrogens is 773 g/mol. The highest BCUT2D eigenvalue weighted by atomic mass is 16.6. The van der Waals surface area contributed by atoms with Crippen molar-refractivity contribution in [2.45, 2.75) is 126 Å². The van der Waals surface area contributed by atoms with Crippen LogP contribution in [0.3, 0.4) is 0 Å². The lowest BCUT2D eigenvalue weighted by Gasteiger charge is -2.37. The Kier molecular flexibility index (Phi) is 18.4. The van der Waals surface area contributed by atoms with Crippen LogP contribution in [0.1, 0.15) is 95.4 Å². The van der Waals surface area contributed by atoms with Gasteiger partial charge >= 0.3 is 5.97 Å². The van der Waals surface area contributed by atoms with Crippen LogP contribution in [0, 0.1) is 16.7 Å². The van der Waals surface area contributed by atoms with Crippen molar-refractivity contribution >= 4 is 29.1 Å². The first kappa shape index (κ1) is 50.5. The molecule has 1 aliphatic heterocycles. The fraction of sp³-hybridized carbons (Fsp3) is 0.471. The zero-order valence-corrected chi connectivity index (χ0v) is 38.0. The standard InChI is InChI=1S/C51H66O10/c1-31(17-13-14-18-32(2)20-16-22-34(4)24-26-40-36(6)45(55)43(59-12)29-51(40,10)11)19-15-21-33(3)23-25-39-35(5)44(54)38(28-50(39,8)9)27-41(52)37(7)60-30-42(53)48-46(56)47(57)49(58)61-48/h13-26,37-38,42-43,47-48,53,57H,27-30H2,1-12H3/t37?,38?,42-,43?,47?,48+/m0/s1. The molecule has 0 radical (unpaired) electrons. The van der Waals surface area contributed by atoms with Crippen molar-refractivity contribution < 1.29 is 48.4 Å². The Morgan fingerprint density at radius 1 is 0.754 bits per heavy atom. The number of ether oxygens (including phenoxy) is 3. The predicted octanol–water partition coefficient (Wildman–Crippen LogP) is 8.40. The number of carbonyl (C=O) groups excluding carboxylic acids is 5. The maximum absolute atomic E-state index is 13.4. The summed E-state index contributed by atoms with van der Waals surface area (Å²) in [4.78, 5) is 62.5. The van der Waals surface area contributed by atoms with Crippen LogP contribution >= 0.6 is 0 Å². The average Bonchev–Trinajstić information content (AvgIpc) is 3.45. The number of Topliss-reactive ketones (excluding diaryl/α,β-unsaturated/α-hetero) is 4. The van der Waals surface area contributed by atoms with Crippen LogP contribution in [0.15, 0.2) is 130 Å². The van der Waals surface area contributed by atoms with E-state index in [4.69, 9.17) is 14.2 Å². The highest BCUT2D eigenvalue weighted by molar-refractivity contribution is 6.09. The van der Waals surface area contributed by atoms with Gasteiger partial charge in [0.15, 0.2) is 23.5 Å². The molecule has 10 heteroatoms. The van der Waals surface area contributed by atoms with E-state index in [0.717, 1.165) is 39.0 Å². The van der Waals surface area contributed by atoms with Gasteiger partial charge in [-0.1, -0.05) is 135 Å². The molecule has 3 aliphatic rings. The molecule has 2 aliphatic carbocycles. The highest BCUT2D eigenvalue weighted by Gasteiger charge is 2.46. The molecule has 330 valence electrons. The van der Waals surface area contributed by atoms with Gasteiger partial charge in [-0.3, -0.25) is 19.2 Å². The molecule has 3 rings (SSSR count). The molecule has 0 aromatic heterocycles. The molecule has 0 bridgehead atoms. The summed E-state index contributed by atoms with van der Waals surface area (Å²) in [7, 11) is 1.59. The molecule has 1 heterocycles. The molecule has 6 atom stereocenters. The van der Waals surface area contributed by atoms with E-state index in [1.165, 1.54) is 6.92 Å². The van der Waals surface area contributed by atoms with Crippen LogP contribution in [-0.2, 0) is 38.2 Å². The molecule has 0 saturated carbocycles. The normalized spacial score (nSPS) is 25.7. The fourth-order valence-corrected chi connectivity index (χ4v) is 7.76. The molecular formula is C51H66O10. The third-order valence-electron chi connectivity index (χ3n) is 11.5. The van der Waals surface area contributed by atoms with Crippen molar-refractivity contribution in [3.63, 3.8) is 0 Å². The Hall–Kier alpha value is -4.87. The Morgan fingerprint density at radius 3 is 1.69 bits per heavy atom. The monoisotopic (exact) mass is 838 g/mol. The lowest BCUT2D eigenvalue weighted by molar-refractivity contribution is -0.154. The number of hydrogen-bond acceptors (Lipinski definition) is 10. The first-order chi connectivity index (χ1) is 28.5. The van der Waals surface area contributed by atoms with Gasteiger partial charge in [-0.2, -0.15) is 0 Å². The number of ketones is 4. The van der Waals surface area contributed by atoms with Crippen molar-refractivity contribution in [3.8, 4) is 0 Å². The van der Waals surface area contributed by atoms with E-state index in [1.54, 1.807) is 14.0 Å². The van der Waals surface area contributed by atoms with Crippen molar-refractivity contribution in [1.29, 1.82) is 0 Å². The Labute approximate surface area is 362 Å². The number of cyclic esters (lactones) is 1. The molecule has 0 aromatic carbocycles. The number of esters is 1. The Balaban J connectivity index is 1.52. The van der Waals surface area contributed by atoms with Gasteiger partial charge in [0, 0.05) is 19.4 Å². The zero-order valence-electron chi connectivity index (χ0n) is 38.0. The molecule has 2 N–H and O–H groups in total. The topological polar surface area (TPSA) is 154 Å². The Bertz CT molecular complexity index is 2050. The van der Waals surface area contributed by atoms with Crippen LogP contribution in [0.25, 0.3) is 0 Å². The first-order valence-corrected chi connectivity index (χ1v) is 20.9. The van der Waals surface area contributed by atoms with E-state index in [-0.39, 0.29) is 40.7 Å². The summed E-state index contributed by atoms with van der Waals surface area (Å²) >= 11 is 0. The van der Waals surface area contributed by atoms with Crippen LogP contribution in [0.2, 0.25) is 0 Å². The lowest BCUT2D eigenvalue weighted by atomic mass is 9.66. The minimum Gasteiger partial charge on any atom is -0.449 e. The minimum atomic E-state index is -1.94. The minimum absolute atomic E-state index is 0.0429. The van der Waals surface area contributed by atoms with Crippen LogP contribution < -0.4 is 0 Å². The number of rotatable bonds is 18. The molecule has 61 heavy (non-hydrogen) atoms. The number of methoxy groups -OCH3 is 1. The summed E-state index contributed by atoms with van der Waals surface area (Å²) in [5, 5.41) is 19.7. The van der Waals surface area contributed by atoms with Gasteiger partial charge in [0.05, 0.1) is 6.61 Å². The van der Waals surface area contributed by atoms with Gasteiger partial charge < -0.3 is 24.4 Å². The molecule has 0 amide bonds. The summed E-state index contributed by atoms with van der Waals surface area (Å²) in [6.45, 7) is 21.2. The second-order valence-corrected chi connectivity index (χ2v) is 17.7. The number of hydrogen-bond donors (Lipinski definition) is 2. The van der Waals surface area contributed by atoms with Crippen molar-refractivity contribution in [2.24, 2.45) is 16.7 Å². The molecule has 4 unspecified atom stereocenters. The quantitative estimate of drug-likeness (QED) is 0.0782. The van der Waals surface area contributed by atoms with E-state index in [2.05, 4.69) is 45.9 Å². The number of carbonyl (C=O) groups is 5. The van der Waals surface area contributed by atoms with Crippen LogP contribution in [-0.4, -0.2) is 83.6 Å². The van der Waals surface area contributed by atoms with Gasteiger partial charge in [-0.15, -0.1) is 0 Å². The third-order valence-corrected chi connectivity index (χ3v) is 11.5. The van der Waals surface area contributed by atoms with E-state index < -0.39 is 48.7 Å². The average molecular weight is 839 g/mol. The van der Waals surface area contributed by atoms with Crippen LogP contribution in [0.5, 0.6) is 0 Å². The molecule has 0 aromatic rings. The third kappa shape index (κ3) is 14.1. The summed E-state index contributed by atoms with van der Waals surface area (Å²) in [5.74, 6) is -2.99. The van der Waals surface area contributed by atoms with E-state index in [1.807, 2.05) is 101 Å².